The first-order valence-electron chi connectivity index (χ1n) is 7.59. The zero-order valence-electron chi connectivity index (χ0n) is 12.9. The van der Waals surface area contributed by atoms with Crippen LogP contribution >= 0.6 is 0 Å². The van der Waals surface area contributed by atoms with Gasteiger partial charge in [0.15, 0.2) is 0 Å². The molecule has 0 spiro atoms. The fourth-order valence-corrected chi connectivity index (χ4v) is 2.44. The van der Waals surface area contributed by atoms with Crippen molar-refractivity contribution in [2.45, 2.75) is 12.8 Å². The van der Waals surface area contributed by atoms with Gasteiger partial charge < -0.3 is 0 Å². The minimum Gasteiger partial charge on any atom is -0.197 e. The molecule has 0 aliphatic heterocycles. The monoisotopic (exact) mass is 384 g/mol. The molecular weight excluding hydrogens is 365 g/mol. The molecule has 2 aliphatic carbocycles. The molecule has 0 nitrogen and oxygen atoms in total. The molecule has 0 unspecified atom stereocenters. The average molecular weight is 383 g/mol. The van der Waals surface area contributed by atoms with Crippen LogP contribution < -0.4 is 0 Å². The second-order valence-corrected chi connectivity index (χ2v) is 5.13. The van der Waals surface area contributed by atoms with E-state index in [0.29, 0.717) is 0 Å². The van der Waals surface area contributed by atoms with Crippen LogP contribution in [0.3, 0.4) is 0 Å². The van der Waals surface area contributed by atoms with E-state index in [2.05, 4.69) is 85.0 Å². The third-order valence-corrected chi connectivity index (χ3v) is 3.56. The Hall–Kier alpha value is -1.98. The van der Waals surface area contributed by atoms with Crippen molar-refractivity contribution in [3.05, 3.63) is 108 Å². The van der Waals surface area contributed by atoms with Crippen molar-refractivity contribution < 1.29 is 19.5 Å². The molecule has 0 bridgehead atoms. The van der Waals surface area contributed by atoms with Gasteiger partial charge in [-0.25, -0.2) is 0 Å². The molecule has 0 radical (unpaired) electrons. The molecule has 2 aliphatic rings. The van der Waals surface area contributed by atoms with Crippen LogP contribution in [0.5, 0.6) is 0 Å². The van der Waals surface area contributed by atoms with Crippen LogP contribution in [0.4, 0.5) is 0 Å². The third-order valence-electron chi connectivity index (χ3n) is 3.56. The van der Waals surface area contributed by atoms with Gasteiger partial charge in [-0.3, -0.25) is 0 Å². The predicted octanol–water partition coefficient (Wildman–Crippen LogP) is 5.66. The van der Waals surface area contributed by atoms with Crippen LogP contribution in [0.2, 0.25) is 0 Å². The molecule has 23 heavy (non-hydrogen) atoms. The smallest absolute Gasteiger partial charge is 0.197 e. The fourth-order valence-electron chi connectivity index (χ4n) is 2.44. The summed E-state index contributed by atoms with van der Waals surface area (Å²) in [5, 5.41) is 0. The third kappa shape index (κ3) is 5.01. The summed E-state index contributed by atoms with van der Waals surface area (Å²) in [6, 6.07) is 20.7. The predicted molar refractivity (Wildman–Crippen MR) is 93.7 cm³/mol. The minimum atomic E-state index is 0. The van der Waals surface area contributed by atoms with Gasteiger partial charge in [-0.1, -0.05) is 49.2 Å². The maximum atomic E-state index is 3.28. The van der Waals surface area contributed by atoms with Crippen LogP contribution in [-0.4, -0.2) is 0 Å². The van der Waals surface area contributed by atoms with Crippen LogP contribution in [-0.2, 0) is 19.5 Å². The molecule has 0 saturated carbocycles. The summed E-state index contributed by atoms with van der Waals surface area (Å²) in [7, 11) is 0. The normalized spacial score (nSPS) is 14.4. The largest absolute Gasteiger partial charge is 2.00 e. The molecule has 1 heteroatoms. The molecule has 2 aromatic rings. The van der Waals surface area contributed by atoms with Crippen molar-refractivity contribution in [2.75, 3.05) is 0 Å². The van der Waals surface area contributed by atoms with E-state index >= 15 is 0 Å². The summed E-state index contributed by atoms with van der Waals surface area (Å²) in [5.74, 6) is 0. The van der Waals surface area contributed by atoms with Crippen LogP contribution in [0.25, 0.3) is 11.1 Å². The van der Waals surface area contributed by atoms with Gasteiger partial charge in [-0.05, 0) is 0 Å². The molecule has 0 fully saturated rings. The Kier molecular flexibility index (Phi) is 6.97. The number of hydrogen-bond acceptors (Lipinski definition) is 0. The van der Waals surface area contributed by atoms with Crippen molar-refractivity contribution in [1.82, 2.24) is 0 Å². The summed E-state index contributed by atoms with van der Waals surface area (Å²) in [5.41, 5.74) is 4.98. The molecule has 0 amide bonds. The molecular formula is C22H18Ru. The van der Waals surface area contributed by atoms with Crippen molar-refractivity contribution in [3.63, 3.8) is 0 Å². The van der Waals surface area contributed by atoms with Crippen molar-refractivity contribution >= 4 is 11.1 Å². The molecule has 0 atom stereocenters. The molecule has 114 valence electrons. The molecule has 4 rings (SSSR count). The summed E-state index contributed by atoms with van der Waals surface area (Å²) < 4.78 is 0. The Labute approximate surface area is 151 Å². The van der Waals surface area contributed by atoms with Crippen LogP contribution in [0.1, 0.15) is 24.0 Å². The molecule has 0 N–H and O–H groups in total. The van der Waals surface area contributed by atoms with Gasteiger partial charge in [0.05, 0.1) is 0 Å². The SMILES string of the molecule is [C-]1=C(c2ccccc2)C=CC1.[C-]1=C(c2ccccc2)C=CC1.[Ru+2]. The van der Waals surface area contributed by atoms with E-state index in [4.69, 9.17) is 0 Å². The number of benzene rings is 2. The number of allylic oxidation sites excluding steroid dienone is 8. The maximum absolute atomic E-state index is 3.28. The minimum absolute atomic E-state index is 0. The standard InChI is InChI=1S/2C11H9.Ru/c2*1-2-6-10(7-3-1)11-8-4-5-9-11;/h2*1-4,6-8H,5H2;/q2*-1;+2. The molecule has 0 heterocycles. The molecule has 0 aromatic heterocycles. The first-order valence-corrected chi connectivity index (χ1v) is 7.59. The average Bonchev–Trinajstić information content (AvgIpc) is 3.31. The van der Waals surface area contributed by atoms with E-state index in [1.54, 1.807) is 0 Å². The topological polar surface area (TPSA) is 0 Å². The Morgan fingerprint density at radius 1 is 0.565 bits per heavy atom. The second-order valence-electron chi connectivity index (χ2n) is 5.13. The van der Waals surface area contributed by atoms with Gasteiger partial charge in [-0.2, -0.15) is 35.5 Å². The number of hydrogen-bond donors (Lipinski definition) is 0. The van der Waals surface area contributed by atoms with Gasteiger partial charge in [0.1, 0.15) is 0 Å². The second kappa shape index (κ2) is 9.23. The summed E-state index contributed by atoms with van der Waals surface area (Å²) in [6.07, 6.45) is 17.0. The van der Waals surface area contributed by atoms with Gasteiger partial charge in [0.25, 0.3) is 0 Å². The molecule has 2 aromatic carbocycles. The first kappa shape index (κ1) is 17.4. The van der Waals surface area contributed by atoms with Crippen LogP contribution in [0.15, 0.2) is 85.0 Å². The summed E-state index contributed by atoms with van der Waals surface area (Å²) >= 11 is 0. The van der Waals surface area contributed by atoms with Gasteiger partial charge in [0, 0.05) is 0 Å². The van der Waals surface area contributed by atoms with Gasteiger partial charge in [-0.15, -0.1) is 47.5 Å². The zero-order valence-corrected chi connectivity index (χ0v) is 14.6. The Morgan fingerprint density at radius 2 is 0.957 bits per heavy atom. The van der Waals surface area contributed by atoms with E-state index in [0.717, 1.165) is 12.8 Å². The first-order chi connectivity index (χ1) is 10.9. The van der Waals surface area contributed by atoms with Crippen LogP contribution in [0, 0.1) is 12.2 Å². The van der Waals surface area contributed by atoms with E-state index in [-0.39, 0.29) is 19.5 Å². The Balaban J connectivity index is 0.000000160. The van der Waals surface area contributed by atoms with Gasteiger partial charge >= 0.3 is 19.5 Å². The maximum Gasteiger partial charge on any atom is 2.00 e. The molecule has 0 saturated heterocycles. The number of rotatable bonds is 2. The van der Waals surface area contributed by atoms with Gasteiger partial charge in [0.2, 0.25) is 0 Å². The van der Waals surface area contributed by atoms with E-state index in [1.165, 1.54) is 22.3 Å². The van der Waals surface area contributed by atoms with Crippen molar-refractivity contribution in [3.8, 4) is 0 Å². The van der Waals surface area contributed by atoms with E-state index in [9.17, 15) is 0 Å². The van der Waals surface area contributed by atoms with Crippen molar-refractivity contribution in [2.24, 2.45) is 0 Å². The fraction of sp³-hybridized carbons (Fsp3) is 0.0909. The summed E-state index contributed by atoms with van der Waals surface area (Å²) in [4.78, 5) is 0. The Bertz CT molecular complexity index is 654. The van der Waals surface area contributed by atoms with E-state index < -0.39 is 0 Å². The van der Waals surface area contributed by atoms with E-state index in [1.807, 2.05) is 12.1 Å². The summed E-state index contributed by atoms with van der Waals surface area (Å²) in [6.45, 7) is 0. The zero-order chi connectivity index (χ0) is 15.0. The van der Waals surface area contributed by atoms with Crippen molar-refractivity contribution in [1.29, 1.82) is 0 Å². The quantitative estimate of drug-likeness (QED) is 0.463. The Morgan fingerprint density at radius 3 is 1.26 bits per heavy atom.